The third kappa shape index (κ3) is 6.91. The summed E-state index contributed by atoms with van der Waals surface area (Å²) < 4.78 is 26.7. The zero-order valence-electron chi connectivity index (χ0n) is 14.2. The van der Waals surface area contributed by atoms with Gasteiger partial charge in [-0.15, -0.1) is 0 Å². The van der Waals surface area contributed by atoms with Crippen molar-refractivity contribution >= 4 is 0 Å². The van der Waals surface area contributed by atoms with Crippen LogP contribution in [0.25, 0.3) is 0 Å². The van der Waals surface area contributed by atoms with E-state index in [-0.39, 0.29) is 31.3 Å². The zero-order chi connectivity index (χ0) is 16.4. The van der Waals surface area contributed by atoms with Crippen molar-refractivity contribution in [2.45, 2.75) is 83.5 Å². The fourth-order valence-electron chi connectivity index (χ4n) is 3.95. The van der Waals surface area contributed by atoms with Crippen LogP contribution in [0.5, 0.6) is 0 Å². The molecule has 1 rings (SSSR count). The molecule has 0 aliphatic heterocycles. The summed E-state index contributed by atoms with van der Waals surface area (Å²) in [5.41, 5.74) is 5.58. The van der Waals surface area contributed by atoms with Crippen LogP contribution in [-0.4, -0.2) is 24.2 Å². The summed E-state index contributed by atoms with van der Waals surface area (Å²) in [6.07, 6.45) is 9.04. The standard InChI is InChI=1S/C18H35F2NO/c1-2-3-4-7-15(8-5-6-13-21)17(14-22)16-9-11-18(19,20)12-10-16/h15-17,22H,2-14,21H2,1H3/t15?,17-/m0/s1. The highest BCUT2D eigenvalue weighted by atomic mass is 19.3. The normalized spacial score (nSPS) is 21.7. The zero-order valence-corrected chi connectivity index (χ0v) is 14.2. The fourth-order valence-corrected chi connectivity index (χ4v) is 3.95. The lowest BCUT2D eigenvalue weighted by Gasteiger charge is -2.37. The molecule has 0 aromatic heterocycles. The van der Waals surface area contributed by atoms with E-state index in [9.17, 15) is 13.9 Å². The van der Waals surface area contributed by atoms with Crippen molar-refractivity contribution in [3.63, 3.8) is 0 Å². The molecule has 0 amide bonds. The Morgan fingerprint density at radius 2 is 1.68 bits per heavy atom. The van der Waals surface area contributed by atoms with Gasteiger partial charge in [-0.2, -0.15) is 0 Å². The Kier molecular flexibility index (Phi) is 9.49. The maximum absolute atomic E-state index is 13.4. The summed E-state index contributed by atoms with van der Waals surface area (Å²) in [5.74, 6) is -1.53. The van der Waals surface area contributed by atoms with E-state index in [1.54, 1.807) is 0 Å². The lowest BCUT2D eigenvalue weighted by atomic mass is 9.71. The second-order valence-electron chi connectivity index (χ2n) is 7.08. The summed E-state index contributed by atoms with van der Waals surface area (Å²) in [6.45, 7) is 3.05. The summed E-state index contributed by atoms with van der Waals surface area (Å²) in [7, 11) is 0. The molecule has 4 heteroatoms. The molecule has 0 saturated heterocycles. The minimum Gasteiger partial charge on any atom is -0.396 e. The molecule has 1 saturated carbocycles. The van der Waals surface area contributed by atoms with Gasteiger partial charge in [-0.25, -0.2) is 8.78 Å². The summed E-state index contributed by atoms with van der Waals surface area (Å²) in [6, 6.07) is 0. The molecule has 0 spiro atoms. The van der Waals surface area contributed by atoms with Gasteiger partial charge in [0.2, 0.25) is 5.92 Å². The van der Waals surface area contributed by atoms with Crippen LogP contribution < -0.4 is 5.73 Å². The first-order valence-corrected chi connectivity index (χ1v) is 9.22. The molecular formula is C18H35F2NO. The Bertz CT molecular complexity index is 266. The fraction of sp³-hybridized carbons (Fsp3) is 1.00. The average Bonchev–Trinajstić information content (AvgIpc) is 2.49. The van der Waals surface area contributed by atoms with Crippen molar-refractivity contribution in [2.75, 3.05) is 13.2 Å². The Hall–Kier alpha value is -0.220. The van der Waals surface area contributed by atoms with Crippen molar-refractivity contribution in [1.82, 2.24) is 0 Å². The van der Waals surface area contributed by atoms with E-state index in [0.717, 1.165) is 25.7 Å². The van der Waals surface area contributed by atoms with Crippen LogP contribution in [-0.2, 0) is 0 Å². The van der Waals surface area contributed by atoms with E-state index in [1.165, 1.54) is 19.3 Å². The molecule has 3 N–H and O–H groups in total. The third-order valence-corrected chi connectivity index (χ3v) is 5.39. The van der Waals surface area contributed by atoms with Crippen LogP contribution in [0.4, 0.5) is 8.78 Å². The van der Waals surface area contributed by atoms with Crippen molar-refractivity contribution in [2.24, 2.45) is 23.5 Å². The Morgan fingerprint density at radius 3 is 2.18 bits per heavy atom. The van der Waals surface area contributed by atoms with Crippen LogP contribution in [0.15, 0.2) is 0 Å². The quantitative estimate of drug-likeness (QED) is 0.540. The van der Waals surface area contributed by atoms with Crippen LogP contribution in [0.1, 0.15) is 77.6 Å². The van der Waals surface area contributed by atoms with Crippen LogP contribution in [0, 0.1) is 17.8 Å². The summed E-state index contributed by atoms with van der Waals surface area (Å²) in [4.78, 5) is 0. The third-order valence-electron chi connectivity index (χ3n) is 5.39. The van der Waals surface area contributed by atoms with Gasteiger partial charge in [0.05, 0.1) is 0 Å². The van der Waals surface area contributed by atoms with Gasteiger partial charge < -0.3 is 10.8 Å². The van der Waals surface area contributed by atoms with Crippen LogP contribution in [0.3, 0.4) is 0 Å². The van der Waals surface area contributed by atoms with E-state index in [2.05, 4.69) is 6.92 Å². The molecule has 0 heterocycles. The van der Waals surface area contributed by atoms with Gasteiger partial charge in [-0.1, -0.05) is 45.4 Å². The van der Waals surface area contributed by atoms with Crippen molar-refractivity contribution in [1.29, 1.82) is 0 Å². The first-order valence-electron chi connectivity index (χ1n) is 9.22. The van der Waals surface area contributed by atoms with E-state index < -0.39 is 5.92 Å². The van der Waals surface area contributed by atoms with Crippen molar-refractivity contribution < 1.29 is 13.9 Å². The Balaban J connectivity index is 2.57. The number of hydrogen-bond donors (Lipinski definition) is 2. The van der Waals surface area contributed by atoms with E-state index in [4.69, 9.17) is 5.73 Å². The van der Waals surface area contributed by atoms with E-state index >= 15 is 0 Å². The number of unbranched alkanes of at least 4 members (excludes halogenated alkanes) is 3. The average molecular weight is 319 g/mol. The van der Waals surface area contributed by atoms with Crippen molar-refractivity contribution in [3.05, 3.63) is 0 Å². The minimum absolute atomic E-state index is 0.00134. The largest absolute Gasteiger partial charge is 0.396 e. The summed E-state index contributed by atoms with van der Waals surface area (Å²) in [5, 5.41) is 9.88. The van der Waals surface area contributed by atoms with E-state index in [1.807, 2.05) is 0 Å². The highest BCUT2D eigenvalue weighted by molar-refractivity contribution is 4.84. The number of alkyl halides is 2. The lowest BCUT2D eigenvalue weighted by Crippen LogP contribution is -2.33. The second kappa shape index (κ2) is 10.5. The number of aliphatic hydroxyl groups is 1. The van der Waals surface area contributed by atoms with Gasteiger partial charge in [0.15, 0.2) is 0 Å². The van der Waals surface area contributed by atoms with Crippen LogP contribution >= 0.6 is 0 Å². The highest BCUT2D eigenvalue weighted by Crippen LogP contribution is 2.42. The van der Waals surface area contributed by atoms with E-state index in [0.29, 0.717) is 25.3 Å². The van der Waals surface area contributed by atoms with Gasteiger partial charge in [-0.3, -0.25) is 0 Å². The molecule has 0 bridgehead atoms. The SMILES string of the molecule is CCCCCC(CCCCN)[C@H](CO)C1CCC(F)(F)CC1. The Morgan fingerprint density at radius 1 is 1.09 bits per heavy atom. The molecule has 1 aliphatic carbocycles. The van der Waals surface area contributed by atoms with Gasteiger partial charge in [-0.05, 0) is 43.6 Å². The first-order chi connectivity index (χ1) is 10.5. The molecule has 2 nitrogen and oxygen atoms in total. The predicted octanol–water partition coefficient (Wildman–Crippen LogP) is 4.75. The van der Waals surface area contributed by atoms with Crippen LogP contribution in [0.2, 0.25) is 0 Å². The number of rotatable bonds is 11. The Labute approximate surface area is 134 Å². The maximum atomic E-state index is 13.4. The molecular weight excluding hydrogens is 284 g/mol. The molecule has 1 aliphatic rings. The van der Waals surface area contributed by atoms with Gasteiger partial charge in [0.1, 0.15) is 0 Å². The molecule has 22 heavy (non-hydrogen) atoms. The molecule has 132 valence electrons. The number of aliphatic hydroxyl groups excluding tert-OH is 1. The molecule has 2 atom stereocenters. The topological polar surface area (TPSA) is 46.2 Å². The van der Waals surface area contributed by atoms with Gasteiger partial charge >= 0.3 is 0 Å². The van der Waals surface area contributed by atoms with Crippen molar-refractivity contribution in [3.8, 4) is 0 Å². The maximum Gasteiger partial charge on any atom is 0.248 e. The lowest BCUT2D eigenvalue weighted by molar-refractivity contribution is -0.0609. The smallest absolute Gasteiger partial charge is 0.248 e. The van der Waals surface area contributed by atoms with Gasteiger partial charge in [0.25, 0.3) is 0 Å². The minimum atomic E-state index is -2.48. The second-order valence-corrected chi connectivity index (χ2v) is 7.08. The molecule has 1 fully saturated rings. The predicted molar refractivity (Wildman–Crippen MR) is 88.0 cm³/mol. The molecule has 1 unspecified atom stereocenters. The molecule has 0 aromatic carbocycles. The van der Waals surface area contributed by atoms with Gasteiger partial charge in [0, 0.05) is 19.4 Å². The summed E-state index contributed by atoms with van der Waals surface area (Å²) >= 11 is 0. The molecule has 0 aromatic rings. The number of halogens is 2. The molecule has 0 radical (unpaired) electrons. The monoisotopic (exact) mass is 319 g/mol. The number of nitrogens with two attached hydrogens (primary N) is 1. The highest BCUT2D eigenvalue weighted by Gasteiger charge is 2.39. The number of hydrogen-bond acceptors (Lipinski definition) is 2. The first kappa shape index (κ1) is 19.8.